The maximum Gasteiger partial charge on any atom is 0.0591 e. The van der Waals surface area contributed by atoms with E-state index in [2.05, 4.69) is 5.32 Å². The largest absolute Gasteiger partial charge is 0.379 e. The smallest absolute Gasteiger partial charge is 0.0591 e. The molecule has 1 heterocycles. The van der Waals surface area contributed by atoms with Crippen LogP contribution < -0.4 is 5.32 Å². The van der Waals surface area contributed by atoms with E-state index in [9.17, 15) is 0 Å². The fourth-order valence-corrected chi connectivity index (χ4v) is 0.516. The molecule has 1 aliphatic heterocycles. The molecule has 1 saturated heterocycles. The summed E-state index contributed by atoms with van der Waals surface area (Å²) in [6, 6.07) is 0. The minimum atomic E-state index is 0. The van der Waals surface area contributed by atoms with Crippen LogP contribution in [-0.2, 0) is 4.74 Å². The van der Waals surface area contributed by atoms with Gasteiger partial charge in [0.25, 0.3) is 0 Å². The number of hydrogen-bond donors (Lipinski definition) is 1. The van der Waals surface area contributed by atoms with Crippen LogP contribution in [0.1, 0.15) is 7.43 Å². The minimum Gasteiger partial charge on any atom is -0.379 e. The fraction of sp³-hybridized carbons (Fsp3) is 1.00. The highest BCUT2D eigenvalue weighted by atomic mass is 35.5. The SMILES string of the molecule is C.C1COCCN1.Cl. The van der Waals surface area contributed by atoms with Crippen LogP contribution in [0.4, 0.5) is 0 Å². The second-order valence-electron chi connectivity index (χ2n) is 1.36. The lowest BCUT2D eigenvalue weighted by Crippen LogP contribution is -2.30. The van der Waals surface area contributed by atoms with E-state index >= 15 is 0 Å². The van der Waals surface area contributed by atoms with Crippen molar-refractivity contribution in [1.29, 1.82) is 0 Å². The molecule has 0 unspecified atom stereocenters. The predicted molar refractivity (Wildman–Crippen MR) is 37.7 cm³/mol. The van der Waals surface area contributed by atoms with Gasteiger partial charge in [-0.25, -0.2) is 0 Å². The predicted octanol–water partition coefficient (Wildman–Crippen LogP) is 0.664. The summed E-state index contributed by atoms with van der Waals surface area (Å²) in [7, 11) is 0. The molecule has 0 bridgehead atoms. The van der Waals surface area contributed by atoms with E-state index in [1.165, 1.54) is 0 Å². The molecule has 0 aromatic carbocycles. The average molecular weight is 140 g/mol. The van der Waals surface area contributed by atoms with Crippen molar-refractivity contribution in [3.05, 3.63) is 0 Å². The zero-order chi connectivity index (χ0) is 4.24. The minimum absolute atomic E-state index is 0. The van der Waals surface area contributed by atoms with Crippen LogP contribution in [-0.4, -0.2) is 26.3 Å². The summed E-state index contributed by atoms with van der Waals surface area (Å²) in [5.41, 5.74) is 0. The van der Waals surface area contributed by atoms with E-state index < -0.39 is 0 Å². The molecular formula is C5H14ClNO. The molecule has 0 aliphatic carbocycles. The summed E-state index contributed by atoms with van der Waals surface area (Å²) < 4.78 is 5.01. The third kappa shape index (κ3) is 4.37. The molecule has 0 spiro atoms. The number of halogens is 1. The van der Waals surface area contributed by atoms with Crippen molar-refractivity contribution in [2.45, 2.75) is 7.43 Å². The van der Waals surface area contributed by atoms with Crippen molar-refractivity contribution in [2.75, 3.05) is 26.3 Å². The van der Waals surface area contributed by atoms with E-state index in [4.69, 9.17) is 4.74 Å². The Labute approximate surface area is 57.0 Å². The second kappa shape index (κ2) is 7.21. The van der Waals surface area contributed by atoms with Gasteiger partial charge in [0.15, 0.2) is 0 Å². The topological polar surface area (TPSA) is 21.3 Å². The summed E-state index contributed by atoms with van der Waals surface area (Å²) in [6.07, 6.45) is 0. The first kappa shape index (κ1) is 11.1. The maximum absolute atomic E-state index is 5.01. The standard InChI is InChI=1S/C4H9NO.CH4.ClH/c1-3-6-4-2-5-1;;/h5H,1-4H2;1H4;1H. The molecule has 0 saturated carbocycles. The van der Waals surface area contributed by atoms with Gasteiger partial charge >= 0.3 is 0 Å². The van der Waals surface area contributed by atoms with Crippen molar-refractivity contribution in [2.24, 2.45) is 0 Å². The van der Waals surface area contributed by atoms with Gasteiger partial charge in [0, 0.05) is 13.1 Å². The Hall–Kier alpha value is 0.210. The number of nitrogens with one attached hydrogen (secondary N) is 1. The summed E-state index contributed by atoms with van der Waals surface area (Å²) in [4.78, 5) is 0. The van der Waals surface area contributed by atoms with Crippen LogP contribution in [0.15, 0.2) is 0 Å². The third-order valence-electron chi connectivity index (χ3n) is 0.846. The van der Waals surface area contributed by atoms with Gasteiger partial charge in [0.2, 0.25) is 0 Å². The first-order valence-electron chi connectivity index (χ1n) is 2.28. The normalized spacial score (nSPS) is 18.0. The Kier molecular flexibility index (Phi) is 9.97. The van der Waals surface area contributed by atoms with Crippen molar-refractivity contribution in [1.82, 2.24) is 5.32 Å². The molecule has 0 atom stereocenters. The van der Waals surface area contributed by atoms with E-state index in [1.807, 2.05) is 0 Å². The lowest BCUT2D eigenvalue weighted by molar-refractivity contribution is 0.109. The number of ether oxygens (including phenoxy) is 1. The Morgan fingerprint density at radius 3 is 1.75 bits per heavy atom. The third-order valence-corrected chi connectivity index (χ3v) is 0.846. The summed E-state index contributed by atoms with van der Waals surface area (Å²) >= 11 is 0. The zero-order valence-corrected chi connectivity index (χ0v) is 4.96. The van der Waals surface area contributed by atoms with Gasteiger partial charge in [-0.2, -0.15) is 0 Å². The first-order valence-corrected chi connectivity index (χ1v) is 2.28. The molecule has 0 radical (unpaired) electrons. The van der Waals surface area contributed by atoms with E-state index in [0.29, 0.717) is 0 Å². The van der Waals surface area contributed by atoms with Crippen LogP contribution in [0.2, 0.25) is 0 Å². The van der Waals surface area contributed by atoms with Gasteiger partial charge in [0.1, 0.15) is 0 Å². The van der Waals surface area contributed by atoms with Crippen LogP contribution in [0.25, 0.3) is 0 Å². The zero-order valence-electron chi connectivity index (χ0n) is 4.14. The van der Waals surface area contributed by atoms with Crippen LogP contribution in [0.5, 0.6) is 0 Å². The molecule has 1 rings (SSSR count). The van der Waals surface area contributed by atoms with Crippen molar-refractivity contribution < 1.29 is 4.74 Å². The van der Waals surface area contributed by atoms with Gasteiger partial charge in [-0.3, -0.25) is 0 Å². The monoisotopic (exact) mass is 139 g/mol. The van der Waals surface area contributed by atoms with E-state index in [1.54, 1.807) is 0 Å². The number of hydrogen-bond acceptors (Lipinski definition) is 2. The van der Waals surface area contributed by atoms with Crippen LogP contribution in [0, 0.1) is 0 Å². The molecule has 3 heteroatoms. The highest BCUT2D eigenvalue weighted by Crippen LogP contribution is 1.76. The van der Waals surface area contributed by atoms with Gasteiger partial charge in [-0.05, 0) is 0 Å². The number of rotatable bonds is 0. The average Bonchev–Trinajstić information content (AvgIpc) is 1.72. The van der Waals surface area contributed by atoms with Crippen LogP contribution >= 0.6 is 12.4 Å². The molecule has 1 N–H and O–H groups in total. The Morgan fingerprint density at radius 2 is 1.62 bits per heavy atom. The lowest BCUT2D eigenvalue weighted by Gasteiger charge is -2.10. The molecule has 52 valence electrons. The van der Waals surface area contributed by atoms with Crippen molar-refractivity contribution in [3.63, 3.8) is 0 Å². The Morgan fingerprint density at radius 1 is 1.12 bits per heavy atom. The maximum atomic E-state index is 5.01. The van der Waals surface area contributed by atoms with Gasteiger partial charge in [-0.15, -0.1) is 12.4 Å². The first-order chi connectivity index (χ1) is 3.00. The molecule has 0 amide bonds. The van der Waals surface area contributed by atoms with Gasteiger partial charge in [0.05, 0.1) is 13.2 Å². The molecule has 1 aliphatic rings. The summed E-state index contributed by atoms with van der Waals surface area (Å²) in [5, 5.41) is 3.16. The molecular weight excluding hydrogens is 126 g/mol. The quantitative estimate of drug-likeness (QED) is 0.533. The van der Waals surface area contributed by atoms with Crippen molar-refractivity contribution in [3.8, 4) is 0 Å². The van der Waals surface area contributed by atoms with E-state index in [0.717, 1.165) is 26.3 Å². The summed E-state index contributed by atoms with van der Waals surface area (Å²) in [6.45, 7) is 3.83. The lowest BCUT2D eigenvalue weighted by atomic mass is 10.5. The van der Waals surface area contributed by atoms with Gasteiger partial charge < -0.3 is 10.1 Å². The fourth-order valence-electron chi connectivity index (χ4n) is 0.516. The second-order valence-corrected chi connectivity index (χ2v) is 1.36. The molecule has 0 aromatic rings. The number of morpholine rings is 1. The molecule has 8 heavy (non-hydrogen) atoms. The molecule has 0 aromatic heterocycles. The van der Waals surface area contributed by atoms with Crippen molar-refractivity contribution >= 4 is 12.4 Å². The highest BCUT2D eigenvalue weighted by molar-refractivity contribution is 5.85. The summed E-state index contributed by atoms with van der Waals surface area (Å²) in [5.74, 6) is 0. The highest BCUT2D eigenvalue weighted by Gasteiger charge is 1.92. The molecule has 2 nitrogen and oxygen atoms in total. The van der Waals surface area contributed by atoms with E-state index in [-0.39, 0.29) is 19.8 Å². The van der Waals surface area contributed by atoms with Gasteiger partial charge in [-0.1, -0.05) is 7.43 Å². The molecule has 1 fully saturated rings. The van der Waals surface area contributed by atoms with Crippen LogP contribution in [0.3, 0.4) is 0 Å². The Balaban J connectivity index is 0. The Bertz CT molecular complexity index is 27.9.